The number of nitrogens with one attached hydrogen (secondary N) is 3. The number of hydrogen-bond acceptors (Lipinski definition) is 13. The van der Waals surface area contributed by atoms with Gasteiger partial charge in [0.25, 0.3) is 0 Å². The molecule has 3 aromatic carbocycles. The molecule has 5 aromatic rings. The van der Waals surface area contributed by atoms with Crippen molar-refractivity contribution in [3.05, 3.63) is 102 Å². The van der Waals surface area contributed by atoms with Crippen molar-refractivity contribution in [3.63, 3.8) is 0 Å². The van der Waals surface area contributed by atoms with E-state index in [2.05, 4.69) is 59.7 Å². The molecular weight excluding hydrogens is 951 g/mol. The van der Waals surface area contributed by atoms with Gasteiger partial charge in [0.2, 0.25) is 0 Å². The van der Waals surface area contributed by atoms with Crippen LogP contribution in [0.5, 0.6) is 5.75 Å². The number of fused-ring (bicyclic) bond motifs is 2. The van der Waals surface area contributed by atoms with Gasteiger partial charge in [-0.25, -0.2) is 18.7 Å². The predicted molar refractivity (Wildman–Crippen MR) is 294 cm³/mol. The van der Waals surface area contributed by atoms with Crippen LogP contribution in [0.2, 0.25) is 0 Å². The lowest BCUT2D eigenvalue weighted by molar-refractivity contribution is -0.191. The van der Waals surface area contributed by atoms with E-state index in [-0.39, 0.29) is 29.8 Å². The van der Waals surface area contributed by atoms with E-state index >= 15 is 0 Å². The second-order valence-electron chi connectivity index (χ2n) is 20.9. The van der Waals surface area contributed by atoms with Crippen molar-refractivity contribution < 1.29 is 32.6 Å². The van der Waals surface area contributed by atoms with E-state index in [1.165, 1.54) is 95.4 Å². The van der Waals surface area contributed by atoms with Crippen molar-refractivity contribution >= 4 is 45.3 Å². The van der Waals surface area contributed by atoms with Gasteiger partial charge in [0.1, 0.15) is 29.0 Å². The van der Waals surface area contributed by atoms with Crippen LogP contribution in [0.1, 0.15) is 115 Å². The van der Waals surface area contributed by atoms with Crippen LogP contribution in [0.15, 0.2) is 85.2 Å². The maximum Gasteiger partial charge on any atom is 0.373 e. The molecule has 406 valence electrons. The number of hydrogen-bond donors (Lipinski definition) is 3. The largest absolute Gasteiger partial charge is 0.497 e. The van der Waals surface area contributed by atoms with E-state index in [4.69, 9.17) is 19.1 Å². The lowest BCUT2D eigenvalue weighted by Crippen LogP contribution is -2.48. The lowest BCUT2D eigenvalue weighted by Gasteiger charge is -2.40. The molecule has 13 nitrogen and oxygen atoms in total. The topological polar surface area (TPSA) is 141 Å². The van der Waals surface area contributed by atoms with Gasteiger partial charge in [0.05, 0.1) is 20.6 Å². The summed E-state index contributed by atoms with van der Waals surface area (Å²) in [5.41, 5.74) is 1.25. The number of pyridine rings is 2. The van der Waals surface area contributed by atoms with Crippen molar-refractivity contribution in [3.8, 4) is 5.75 Å². The summed E-state index contributed by atoms with van der Waals surface area (Å²) in [4.78, 5) is 44.9. The van der Waals surface area contributed by atoms with Crippen LogP contribution in [0, 0.1) is 23.5 Å². The van der Waals surface area contributed by atoms with E-state index in [0.717, 1.165) is 129 Å². The molecule has 15 heteroatoms. The number of anilines is 2. The smallest absolute Gasteiger partial charge is 0.373 e. The number of aromatic nitrogens is 2. The second kappa shape index (κ2) is 30.2. The molecule has 0 bridgehead atoms. The number of piperidine rings is 2. The number of carbonyl (C=O) groups excluding carboxylic acids is 3. The van der Waals surface area contributed by atoms with Crippen LogP contribution in [0.3, 0.4) is 0 Å². The number of esters is 1. The Morgan fingerprint density at radius 3 is 1.72 bits per heavy atom. The van der Waals surface area contributed by atoms with Crippen LogP contribution in [-0.2, 0) is 25.7 Å². The zero-order valence-corrected chi connectivity index (χ0v) is 44.8. The number of ether oxygens (including phenoxy) is 2. The molecule has 75 heavy (non-hydrogen) atoms. The zero-order valence-electron chi connectivity index (χ0n) is 44.8. The Labute approximate surface area is 443 Å². The molecule has 2 atom stereocenters. The Balaban J connectivity index is 0.000000218. The standard InChI is InChI=1S/C34H45FN4O3.C25H37FN4.CO2/c1-41-30-12-8-25(9-13-30)24-39(21-18-36-32(23-33(40)42-2)27-6-4-3-5-7-27)29-15-19-38(20-16-29)34-31-22-28(35)11-10-26(31)14-17-37-34;1-2-24(20-6-4-3-5-7-20)28-15-14-27-22-11-16-30(17-12-22)25-23-18-21(26)9-8-19(23)10-13-29-25;2-1-3/h8-14,17,22,27,29,32,36H,3-7,15-16,18-21,23-24H2,1-2H3;8-10,13,18,20,22,24,27-28H,2-7,11-12,14-17H2,1H3;. The highest BCUT2D eigenvalue weighted by molar-refractivity contribution is 5.93. The molecule has 9 rings (SSSR count). The molecule has 2 saturated carbocycles. The Morgan fingerprint density at radius 1 is 0.680 bits per heavy atom. The van der Waals surface area contributed by atoms with Gasteiger partial charge in [-0.15, -0.1) is 0 Å². The molecule has 2 aliphatic carbocycles. The minimum Gasteiger partial charge on any atom is -0.497 e. The third-order valence-corrected chi connectivity index (χ3v) is 16.3. The van der Waals surface area contributed by atoms with Gasteiger partial charge in [0.15, 0.2) is 0 Å². The molecule has 2 saturated heterocycles. The van der Waals surface area contributed by atoms with E-state index in [0.29, 0.717) is 30.5 Å². The third kappa shape index (κ3) is 17.0. The fourth-order valence-electron chi connectivity index (χ4n) is 12.2. The van der Waals surface area contributed by atoms with Gasteiger partial charge in [-0.05, 0) is 134 Å². The number of nitrogens with zero attached hydrogens (tertiary/aromatic N) is 5. The summed E-state index contributed by atoms with van der Waals surface area (Å²) in [6.45, 7) is 10.6. The van der Waals surface area contributed by atoms with E-state index in [1.54, 1.807) is 19.2 Å². The fourth-order valence-corrected chi connectivity index (χ4v) is 12.2. The van der Waals surface area contributed by atoms with Gasteiger partial charge in [0, 0.05) is 106 Å². The van der Waals surface area contributed by atoms with Gasteiger partial charge >= 0.3 is 12.1 Å². The highest BCUT2D eigenvalue weighted by Gasteiger charge is 2.30. The van der Waals surface area contributed by atoms with Crippen molar-refractivity contribution in [2.24, 2.45) is 11.8 Å². The maximum atomic E-state index is 14.1. The molecule has 4 aliphatic rings. The highest BCUT2D eigenvalue weighted by atomic mass is 19.1. The van der Waals surface area contributed by atoms with E-state index < -0.39 is 0 Å². The third-order valence-electron chi connectivity index (χ3n) is 16.3. The highest BCUT2D eigenvalue weighted by Crippen LogP contribution is 2.32. The van der Waals surface area contributed by atoms with Crippen LogP contribution >= 0.6 is 0 Å². The molecule has 0 radical (unpaired) electrons. The summed E-state index contributed by atoms with van der Waals surface area (Å²) in [7, 11) is 3.17. The van der Waals surface area contributed by atoms with Crippen molar-refractivity contribution in [2.75, 3.05) is 76.4 Å². The van der Waals surface area contributed by atoms with Crippen LogP contribution in [0.25, 0.3) is 21.5 Å². The first-order valence-electron chi connectivity index (χ1n) is 27.9. The van der Waals surface area contributed by atoms with Crippen LogP contribution in [0.4, 0.5) is 20.4 Å². The molecule has 3 N–H and O–H groups in total. The molecule has 2 aromatic heterocycles. The van der Waals surface area contributed by atoms with Crippen molar-refractivity contribution in [1.29, 1.82) is 0 Å². The van der Waals surface area contributed by atoms with Gasteiger partial charge < -0.3 is 35.2 Å². The molecule has 4 heterocycles. The minimum atomic E-state index is -0.233. The summed E-state index contributed by atoms with van der Waals surface area (Å²) in [5, 5.41) is 15.2. The number of benzene rings is 3. The number of methoxy groups -OCH3 is 2. The summed E-state index contributed by atoms with van der Waals surface area (Å²) >= 11 is 0. The summed E-state index contributed by atoms with van der Waals surface area (Å²) in [6.07, 6.45) is 23.0. The average molecular weight is 1030 g/mol. The van der Waals surface area contributed by atoms with Crippen molar-refractivity contribution in [2.45, 2.75) is 140 Å². The monoisotopic (exact) mass is 1030 g/mol. The molecule has 4 fully saturated rings. The first-order chi connectivity index (χ1) is 36.7. The second-order valence-corrected chi connectivity index (χ2v) is 20.9. The number of carbonyl (C=O) groups is 1. The first kappa shape index (κ1) is 57.1. The van der Waals surface area contributed by atoms with Gasteiger partial charge in [-0.2, -0.15) is 9.59 Å². The van der Waals surface area contributed by atoms with E-state index in [9.17, 15) is 13.6 Å². The first-order valence-corrected chi connectivity index (χ1v) is 27.9. The quantitative estimate of drug-likeness (QED) is 0.0504. The normalized spacial score (nSPS) is 17.9. The molecule has 0 spiro atoms. The Morgan fingerprint density at radius 2 is 1.20 bits per heavy atom. The maximum absolute atomic E-state index is 14.1. The fraction of sp³-hybridized carbons (Fsp3) is 0.567. The van der Waals surface area contributed by atoms with Gasteiger partial charge in [-0.3, -0.25) is 9.69 Å². The number of halogens is 2. The summed E-state index contributed by atoms with van der Waals surface area (Å²) in [6, 6.07) is 23.9. The van der Waals surface area contributed by atoms with Crippen LogP contribution in [-0.4, -0.2) is 118 Å². The Bertz CT molecular complexity index is 2520. The molecule has 2 unspecified atom stereocenters. The minimum absolute atomic E-state index is 0.137. The Hall–Kier alpha value is -5.57. The summed E-state index contributed by atoms with van der Waals surface area (Å²) in [5.74, 6) is 3.49. The lowest BCUT2D eigenvalue weighted by atomic mass is 9.82. The zero-order chi connectivity index (χ0) is 52.8. The molecular formula is C60H82F2N8O5. The Kier molecular flexibility index (Phi) is 23.0. The SMILES string of the molecule is CCC(NCCNC1CCN(c2nccc3ccc(F)cc23)CC1)C1CCCCC1.COC(=O)CC(NCCN(Cc1ccc(OC)cc1)C1CCN(c2nccc3ccc(F)cc23)CC1)C1CCCCC1.O=C=O. The number of rotatable bonds is 20. The predicted octanol–water partition coefficient (Wildman–Crippen LogP) is 10.3. The van der Waals surface area contributed by atoms with Crippen molar-refractivity contribution in [1.82, 2.24) is 30.8 Å². The summed E-state index contributed by atoms with van der Waals surface area (Å²) < 4.78 is 38.3. The molecule has 0 amide bonds. The van der Waals surface area contributed by atoms with E-state index in [1.807, 2.05) is 48.8 Å². The average Bonchev–Trinajstić information content (AvgIpc) is 3.45. The van der Waals surface area contributed by atoms with Crippen LogP contribution < -0.4 is 30.5 Å². The molecule has 2 aliphatic heterocycles. The van der Waals surface area contributed by atoms with Gasteiger partial charge in [-0.1, -0.05) is 69.7 Å².